The molecule has 5 heteroatoms. The van der Waals surface area contributed by atoms with Crippen molar-refractivity contribution in [1.29, 1.82) is 5.26 Å². The summed E-state index contributed by atoms with van der Waals surface area (Å²) in [6.45, 7) is 6.18. The maximum atomic E-state index is 11.9. The summed E-state index contributed by atoms with van der Waals surface area (Å²) in [5.74, 6) is 0.395. The summed E-state index contributed by atoms with van der Waals surface area (Å²) in [6, 6.07) is 9.17. The highest BCUT2D eigenvalue weighted by atomic mass is 16.5. The van der Waals surface area contributed by atoms with Crippen molar-refractivity contribution >= 4 is 12.0 Å². The molecule has 0 radical (unpaired) electrons. The predicted octanol–water partition coefficient (Wildman–Crippen LogP) is 2.54. The van der Waals surface area contributed by atoms with Gasteiger partial charge in [0.15, 0.2) is 0 Å². The first-order valence-corrected chi connectivity index (χ1v) is 7.41. The van der Waals surface area contributed by atoms with Gasteiger partial charge in [0.2, 0.25) is 0 Å². The van der Waals surface area contributed by atoms with Gasteiger partial charge in [0.05, 0.1) is 6.61 Å². The van der Waals surface area contributed by atoms with E-state index in [1.165, 1.54) is 0 Å². The van der Waals surface area contributed by atoms with Crippen LogP contribution in [0.4, 0.5) is 0 Å². The highest BCUT2D eigenvalue weighted by Gasteiger charge is 2.08. The molecule has 0 bridgehead atoms. The lowest BCUT2D eigenvalue weighted by Crippen LogP contribution is -2.26. The number of carbonyl (C=O) groups is 1. The summed E-state index contributed by atoms with van der Waals surface area (Å²) < 4.78 is 10.5. The second-order valence-electron chi connectivity index (χ2n) is 4.48. The van der Waals surface area contributed by atoms with E-state index in [1.807, 2.05) is 44.2 Å². The molecular formula is C17H22N2O3. The molecule has 0 atom stereocenters. The number of nitriles is 1. The van der Waals surface area contributed by atoms with Gasteiger partial charge in [-0.2, -0.15) is 5.26 Å². The Morgan fingerprint density at radius 1 is 1.27 bits per heavy atom. The number of carbonyl (C=O) groups excluding carboxylic acids is 1. The second kappa shape index (κ2) is 10.4. The molecule has 118 valence electrons. The first kappa shape index (κ1) is 17.7. The van der Waals surface area contributed by atoms with Crippen LogP contribution in [0, 0.1) is 11.3 Å². The molecule has 1 amide bonds. The van der Waals surface area contributed by atoms with Gasteiger partial charge in [0.25, 0.3) is 5.91 Å². The summed E-state index contributed by atoms with van der Waals surface area (Å²) >= 11 is 0. The molecule has 0 aliphatic heterocycles. The Hall–Kier alpha value is -2.32. The summed E-state index contributed by atoms with van der Waals surface area (Å²) in [4.78, 5) is 11.9. The number of hydrogen-bond acceptors (Lipinski definition) is 4. The van der Waals surface area contributed by atoms with Crippen LogP contribution in [0.3, 0.4) is 0 Å². The van der Waals surface area contributed by atoms with Crippen molar-refractivity contribution < 1.29 is 14.3 Å². The van der Waals surface area contributed by atoms with Crippen molar-refractivity contribution in [3.63, 3.8) is 0 Å². The SMILES string of the molecule is CCOCCCNC(=O)/C(C#N)=C/c1ccc(OCC)cc1. The van der Waals surface area contributed by atoms with Gasteiger partial charge in [-0.1, -0.05) is 12.1 Å². The van der Waals surface area contributed by atoms with Crippen molar-refractivity contribution in [2.24, 2.45) is 0 Å². The molecule has 0 spiro atoms. The van der Waals surface area contributed by atoms with E-state index < -0.39 is 0 Å². The summed E-state index contributed by atoms with van der Waals surface area (Å²) in [5.41, 5.74) is 0.866. The zero-order valence-electron chi connectivity index (χ0n) is 13.1. The van der Waals surface area contributed by atoms with E-state index in [9.17, 15) is 4.79 Å². The van der Waals surface area contributed by atoms with Crippen LogP contribution in [-0.4, -0.2) is 32.3 Å². The highest BCUT2D eigenvalue weighted by Crippen LogP contribution is 2.14. The molecule has 1 rings (SSSR count). The summed E-state index contributed by atoms with van der Waals surface area (Å²) in [7, 11) is 0. The molecule has 1 aromatic rings. The molecule has 0 fully saturated rings. The quantitative estimate of drug-likeness (QED) is 0.432. The minimum Gasteiger partial charge on any atom is -0.494 e. The lowest BCUT2D eigenvalue weighted by Gasteiger charge is -2.05. The highest BCUT2D eigenvalue weighted by molar-refractivity contribution is 6.01. The van der Waals surface area contributed by atoms with Gasteiger partial charge in [-0.05, 0) is 44.0 Å². The topological polar surface area (TPSA) is 71.3 Å². The monoisotopic (exact) mass is 302 g/mol. The number of amides is 1. The fraction of sp³-hybridized carbons (Fsp3) is 0.412. The number of nitrogens with zero attached hydrogens (tertiary/aromatic N) is 1. The molecule has 0 saturated carbocycles. The zero-order valence-corrected chi connectivity index (χ0v) is 13.1. The Morgan fingerprint density at radius 3 is 2.59 bits per heavy atom. The van der Waals surface area contributed by atoms with Gasteiger partial charge in [-0.25, -0.2) is 0 Å². The number of rotatable bonds is 9. The summed E-state index contributed by atoms with van der Waals surface area (Å²) in [5, 5.41) is 11.8. The van der Waals surface area contributed by atoms with E-state index in [1.54, 1.807) is 6.08 Å². The van der Waals surface area contributed by atoms with Crippen LogP contribution in [0.5, 0.6) is 5.75 Å². The molecule has 0 aromatic heterocycles. The minimum atomic E-state index is -0.368. The third-order valence-electron chi connectivity index (χ3n) is 2.82. The number of ether oxygens (including phenoxy) is 2. The molecule has 1 aromatic carbocycles. The number of benzene rings is 1. The van der Waals surface area contributed by atoms with Crippen molar-refractivity contribution in [3.8, 4) is 11.8 Å². The maximum absolute atomic E-state index is 11.9. The molecule has 0 heterocycles. The van der Waals surface area contributed by atoms with Gasteiger partial charge in [-0.3, -0.25) is 4.79 Å². The Bertz CT molecular complexity index is 530. The lowest BCUT2D eigenvalue weighted by atomic mass is 10.1. The van der Waals surface area contributed by atoms with Crippen LogP contribution < -0.4 is 10.1 Å². The van der Waals surface area contributed by atoms with Gasteiger partial charge < -0.3 is 14.8 Å². The molecule has 1 N–H and O–H groups in total. The van der Waals surface area contributed by atoms with Crippen molar-refractivity contribution in [3.05, 3.63) is 35.4 Å². The van der Waals surface area contributed by atoms with Crippen LogP contribution in [0.2, 0.25) is 0 Å². The van der Waals surface area contributed by atoms with Crippen LogP contribution in [-0.2, 0) is 9.53 Å². The van der Waals surface area contributed by atoms with Gasteiger partial charge in [0.1, 0.15) is 17.4 Å². The lowest BCUT2D eigenvalue weighted by molar-refractivity contribution is -0.117. The minimum absolute atomic E-state index is 0.0839. The van der Waals surface area contributed by atoms with E-state index in [0.717, 1.165) is 17.7 Å². The van der Waals surface area contributed by atoms with Gasteiger partial charge >= 0.3 is 0 Å². The molecule has 0 unspecified atom stereocenters. The predicted molar refractivity (Wildman–Crippen MR) is 85.3 cm³/mol. The molecular weight excluding hydrogens is 280 g/mol. The van der Waals surface area contributed by atoms with E-state index in [2.05, 4.69) is 5.32 Å². The number of nitrogens with one attached hydrogen (secondary N) is 1. The van der Waals surface area contributed by atoms with Crippen LogP contribution in [0.15, 0.2) is 29.8 Å². The third kappa shape index (κ3) is 6.42. The fourth-order valence-electron chi connectivity index (χ4n) is 1.76. The van der Waals surface area contributed by atoms with Crippen molar-refractivity contribution in [2.75, 3.05) is 26.4 Å². The smallest absolute Gasteiger partial charge is 0.261 e. The Morgan fingerprint density at radius 2 is 2.00 bits per heavy atom. The average molecular weight is 302 g/mol. The Balaban J connectivity index is 2.58. The molecule has 0 aliphatic rings. The van der Waals surface area contributed by atoms with Crippen molar-refractivity contribution in [1.82, 2.24) is 5.32 Å². The zero-order chi connectivity index (χ0) is 16.2. The first-order chi connectivity index (χ1) is 10.7. The number of hydrogen-bond donors (Lipinski definition) is 1. The normalized spacial score (nSPS) is 10.9. The molecule has 22 heavy (non-hydrogen) atoms. The van der Waals surface area contributed by atoms with Crippen LogP contribution >= 0.6 is 0 Å². The third-order valence-corrected chi connectivity index (χ3v) is 2.82. The Kier molecular flexibility index (Phi) is 8.39. The van der Waals surface area contributed by atoms with Crippen molar-refractivity contribution in [2.45, 2.75) is 20.3 Å². The molecule has 5 nitrogen and oxygen atoms in total. The first-order valence-electron chi connectivity index (χ1n) is 7.41. The van der Waals surface area contributed by atoms with E-state index >= 15 is 0 Å². The average Bonchev–Trinajstić information content (AvgIpc) is 2.54. The van der Waals surface area contributed by atoms with Gasteiger partial charge in [-0.15, -0.1) is 0 Å². The summed E-state index contributed by atoms with van der Waals surface area (Å²) in [6.07, 6.45) is 2.29. The molecule has 0 aliphatic carbocycles. The van der Waals surface area contributed by atoms with E-state index in [-0.39, 0.29) is 11.5 Å². The van der Waals surface area contributed by atoms with Crippen LogP contribution in [0.25, 0.3) is 6.08 Å². The Labute approximate surface area is 131 Å². The van der Waals surface area contributed by atoms with E-state index in [0.29, 0.717) is 26.4 Å². The van der Waals surface area contributed by atoms with E-state index in [4.69, 9.17) is 14.7 Å². The van der Waals surface area contributed by atoms with Gasteiger partial charge in [0, 0.05) is 19.8 Å². The molecule has 0 saturated heterocycles. The largest absolute Gasteiger partial charge is 0.494 e. The maximum Gasteiger partial charge on any atom is 0.261 e. The van der Waals surface area contributed by atoms with Crippen LogP contribution in [0.1, 0.15) is 25.8 Å². The second-order valence-corrected chi connectivity index (χ2v) is 4.48. The standard InChI is InChI=1S/C17H22N2O3/c1-3-21-11-5-10-19-17(20)15(13-18)12-14-6-8-16(9-7-14)22-4-2/h6-9,12H,3-5,10-11H2,1-2H3,(H,19,20)/b15-12+. The fourth-order valence-corrected chi connectivity index (χ4v) is 1.76.